The summed E-state index contributed by atoms with van der Waals surface area (Å²) in [4.78, 5) is 6.80. The second-order valence-corrected chi connectivity index (χ2v) is 4.20. The van der Waals surface area contributed by atoms with E-state index in [9.17, 15) is 0 Å². The van der Waals surface area contributed by atoms with Crippen LogP contribution in [0, 0.1) is 5.92 Å². The Labute approximate surface area is 91.5 Å². The molecule has 1 N–H and O–H groups in total. The van der Waals surface area contributed by atoms with Crippen molar-refractivity contribution in [3.05, 3.63) is 24.4 Å². The summed E-state index contributed by atoms with van der Waals surface area (Å²) in [6, 6.07) is 6.13. The van der Waals surface area contributed by atoms with E-state index >= 15 is 0 Å². The normalized spacial score (nSPS) is 21.7. The topological polar surface area (TPSA) is 28.2 Å². The van der Waals surface area contributed by atoms with E-state index in [1.54, 1.807) is 0 Å². The Balaban J connectivity index is 1.98. The Kier molecular flexibility index (Phi) is 3.56. The average Bonchev–Trinajstić information content (AvgIpc) is 2.31. The molecule has 0 saturated carbocycles. The van der Waals surface area contributed by atoms with Gasteiger partial charge in [0, 0.05) is 19.3 Å². The molecular weight excluding hydrogens is 186 g/mol. The first-order valence-corrected chi connectivity index (χ1v) is 5.70. The summed E-state index contributed by atoms with van der Waals surface area (Å²) in [7, 11) is 2.03. The first-order chi connectivity index (χ1) is 7.40. The van der Waals surface area contributed by atoms with Gasteiger partial charge in [0.25, 0.3) is 0 Å². The van der Waals surface area contributed by atoms with Gasteiger partial charge in [0.1, 0.15) is 5.82 Å². The van der Waals surface area contributed by atoms with Gasteiger partial charge in [0.2, 0.25) is 0 Å². The molecule has 15 heavy (non-hydrogen) atoms. The molecule has 2 heterocycles. The number of pyridine rings is 1. The van der Waals surface area contributed by atoms with Gasteiger partial charge in [-0.25, -0.2) is 4.98 Å². The van der Waals surface area contributed by atoms with E-state index in [2.05, 4.69) is 27.3 Å². The zero-order chi connectivity index (χ0) is 10.5. The smallest absolute Gasteiger partial charge is 0.128 e. The number of piperidine rings is 1. The van der Waals surface area contributed by atoms with Crippen LogP contribution < -0.4 is 10.2 Å². The number of nitrogens with zero attached hydrogens (tertiary/aromatic N) is 2. The van der Waals surface area contributed by atoms with Gasteiger partial charge in [-0.15, -0.1) is 0 Å². The van der Waals surface area contributed by atoms with E-state index in [4.69, 9.17) is 0 Å². The summed E-state index contributed by atoms with van der Waals surface area (Å²) < 4.78 is 0. The predicted octanol–water partition coefficient (Wildman–Crippen LogP) is 1.52. The molecule has 0 aromatic carbocycles. The fraction of sp³-hybridized carbons (Fsp3) is 0.583. The first kappa shape index (κ1) is 10.4. The standard InChI is InChI=1S/C12H19N3/c1-13-9-11-5-4-8-15(10-11)12-6-2-3-7-14-12/h2-3,6-7,11,13H,4-5,8-10H2,1H3. The van der Waals surface area contributed by atoms with E-state index in [-0.39, 0.29) is 0 Å². The maximum Gasteiger partial charge on any atom is 0.128 e. The second kappa shape index (κ2) is 5.12. The molecule has 1 unspecified atom stereocenters. The summed E-state index contributed by atoms with van der Waals surface area (Å²) in [5.41, 5.74) is 0. The van der Waals surface area contributed by atoms with Crippen LogP contribution in [-0.2, 0) is 0 Å². The van der Waals surface area contributed by atoms with Crippen LogP contribution >= 0.6 is 0 Å². The SMILES string of the molecule is CNCC1CCCN(c2ccccn2)C1. The zero-order valence-electron chi connectivity index (χ0n) is 9.32. The van der Waals surface area contributed by atoms with Crippen molar-refractivity contribution in [3.8, 4) is 0 Å². The molecule has 1 aromatic heterocycles. The van der Waals surface area contributed by atoms with Crippen LogP contribution in [0.4, 0.5) is 5.82 Å². The van der Waals surface area contributed by atoms with Crippen molar-refractivity contribution < 1.29 is 0 Å². The molecular formula is C12H19N3. The van der Waals surface area contributed by atoms with Crippen LogP contribution in [0.25, 0.3) is 0 Å². The van der Waals surface area contributed by atoms with Gasteiger partial charge in [-0.05, 0) is 44.5 Å². The number of anilines is 1. The zero-order valence-corrected chi connectivity index (χ0v) is 9.32. The number of aromatic nitrogens is 1. The lowest BCUT2D eigenvalue weighted by atomic mass is 9.98. The van der Waals surface area contributed by atoms with Gasteiger partial charge in [-0.2, -0.15) is 0 Å². The van der Waals surface area contributed by atoms with Crippen molar-refractivity contribution >= 4 is 5.82 Å². The lowest BCUT2D eigenvalue weighted by Crippen LogP contribution is -2.39. The van der Waals surface area contributed by atoms with Gasteiger partial charge >= 0.3 is 0 Å². The second-order valence-electron chi connectivity index (χ2n) is 4.20. The molecule has 0 radical (unpaired) electrons. The molecule has 0 amide bonds. The lowest BCUT2D eigenvalue weighted by molar-refractivity contribution is 0.401. The lowest BCUT2D eigenvalue weighted by Gasteiger charge is -2.33. The minimum Gasteiger partial charge on any atom is -0.356 e. The molecule has 0 aliphatic carbocycles. The minimum absolute atomic E-state index is 0.769. The third kappa shape index (κ3) is 2.69. The molecule has 0 bridgehead atoms. The van der Waals surface area contributed by atoms with Gasteiger partial charge in [-0.1, -0.05) is 6.07 Å². The summed E-state index contributed by atoms with van der Waals surface area (Å²) in [6.07, 6.45) is 4.49. The van der Waals surface area contributed by atoms with Crippen LogP contribution in [0.5, 0.6) is 0 Å². The molecule has 1 atom stereocenters. The van der Waals surface area contributed by atoms with Gasteiger partial charge < -0.3 is 10.2 Å². The Hall–Kier alpha value is -1.09. The summed E-state index contributed by atoms with van der Waals surface area (Å²) in [6.45, 7) is 3.40. The average molecular weight is 205 g/mol. The number of nitrogens with one attached hydrogen (secondary N) is 1. The molecule has 1 saturated heterocycles. The molecule has 1 aliphatic heterocycles. The van der Waals surface area contributed by atoms with Crippen molar-refractivity contribution in [2.45, 2.75) is 12.8 Å². The largest absolute Gasteiger partial charge is 0.356 e. The maximum absolute atomic E-state index is 4.40. The van der Waals surface area contributed by atoms with Gasteiger partial charge in [-0.3, -0.25) is 0 Å². The summed E-state index contributed by atoms with van der Waals surface area (Å²) >= 11 is 0. The monoisotopic (exact) mass is 205 g/mol. The van der Waals surface area contributed by atoms with Crippen LogP contribution in [-0.4, -0.2) is 31.7 Å². The van der Waals surface area contributed by atoms with Crippen LogP contribution in [0.1, 0.15) is 12.8 Å². The van der Waals surface area contributed by atoms with Crippen LogP contribution in [0.3, 0.4) is 0 Å². The highest BCUT2D eigenvalue weighted by Gasteiger charge is 2.19. The van der Waals surface area contributed by atoms with Crippen molar-refractivity contribution in [3.63, 3.8) is 0 Å². The van der Waals surface area contributed by atoms with Crippen LogP contribution in [0.15, 0.2) is 24.4 Å². The highest BCUT2D eigenvalue weighted by atomic mass is 15.2. The molecule has 1 aliphatic rings. The molecule has 2 rings (SSSR count). The fourth-order valence-corrected chi connectivity index (χ4v) is 2.27. The highest BCUT2D eigenvalue weighted by Crippen LogP contribution is 2.20. The van der Waals surface area contributed by atoms with Crippen LogP contribution in [0.2, 0.25) is 0 Å². The molecule has 0 spiro atoms. The fourth-order valence-electron chi connectivity index (χ4n) is 2.27. The molecule has 3 nitrogen and oxygen atoms in total. The first-order valence-electron chi connectivity index (χ1n) is 5.70. The van der Waals surface area contributed by atoms with Gasteiger partial charge in [0.05, 0.1) is 0 Å². The Morgan fingerprint density at radius 2 is 2.47 bits per heavy atom. The van der Waals surface area contributed by atoms with E-state index in [1.807, 2.05) is 19.3 Å². The third-order valence-electron chi connectivity index (χ3n) is 2.99. The third-order valence-corrected chi connectivity index (χ3v) is 2.99. The molecule has 1 aromatic rings. The molecule has 82 valence electrons. The van der Waals surface area contributed by atoms with E-state index in [0.29, 0.717) is 0 Å². The van der Waals surface area contributed by atoms with Crippen molar-refractivity contribution in [2.75, 3.05) is 31.6 Å². The Morgan fingerprint density at radius 1 is 1.53 bits per heavy atom. The summed E-state index contributed by atoms with van der Waals surface area (Å²) in [5, 5.41) is 3.26. The Bertz CT molecular complexity index is 284. The quantitative estimate of drug-likeness (QED) is 0.811. The van der Waals surface area contributed by atoms with E-state index < -0.39 is 0 Å². The predicted molar refractivity (Wildman–Crippen MR) is 63.1 cm³/mol. The Morgan fingerprint density at radius 3 is 3.20 bits per heavy atom. The number of hydrogen-bond acceptors (Lipinski definition) is 3. The number of rotatable bonds is 3. The highest BCUT2D eigenvalue weighted by molar-refractivity contribution is 5.38. The van der Waals surface area contributed by atoms with Crippen molar-refractivity contribution in [2.24, 2.45) is 5.92 Å². The van der Waals surface area contributed by atoms with E-state index in [1.165, 1.54) is 12.8 Å². The van der Waals surface area contributed by atoms with Crippen molar-refractivity contribution in [1.29, 1.82) is 0 Å². The number of hydrogen-bond donors (Lipinski definition) is 1. The summed E-state index contributed by atoms with van der Waals surface area (Å²) in [5.74, 6) is 1.89. The van der Waals surface area contributed by atoms with Crippen molar-refractivity contribution in [1.82, 2.24) is 10.3 Å². The van der Waals surface area contributed by atoms with Gasteiger partial charge in [0.15, 0.2) is 0 Å². The molecule has 3 heteroatoms. The molecule has 1 fully saturated rings. The minimum atomic E-state index is 0.769. The maximum atomic E-state index is 4.40. The van der Waals surface area contributed by atoms with E-state index in [0.717, 1.165) is 31.4 Å².